The van der Waals surface area contributed by atoms with Gasteiger partial charge in [0.05, 0.1) is 5.39 Å². The zero-order chi connectivity index (χ0) is 16.7. The van der Waals surface area contributed by atoms with Gasteiger partial charge in [-0.3, -0.25) is 0 Å². The molecule has 24 heavy (non-hydrogen) atoms. The van der Waals surface area contributed by atoms with E-state index in [9.17, 15) is 0 Å². The Balaban J connectivity index is 1.82. The van der Waals surface area contributed by atoms with Gasteiger partial charge in [0.15, 0.2) is 0 Å². The van der Waals surface area contributed by atoms with Crippen LogP contribution >= 0.6 is 11.3 Å². The van der Waals surface area contributed by atoms with E-state index in [2.05, 4.69) is 50.4 Å². The molecule has 0 aliphatic heterocycles. The van der Waals surface area contributed by atoms with Crippen LogP contribution in [0.4, 0.5) is 5.82 Å². The van der Waals surface area contributed by atoms with Gasteiger partial charge in [-0.1, -0.05) is 30.3 Å². The minimum atomic E-state index is -0.0152. The van der Waals surface area contributed by atoms with Crippen molar-refractivity contribution in [1.82, 2.24) is 9.97 Å². The maximum atomic E-state index is 4.92. The standard InChI is InChI=1S/C20H23N3S/c1-20(2,3)23-18-17-14-10-7-11-15(14)24-19(17)22-16(21-18)12-13-8-5-4-6-9-13/h4-6,8-9H,7,10-12H2,1-3H3,(H,21,22,23). The molecule has 124 valence electrons. The van der Waals surface area contributed by atoms with Gasteiger partial charge in [0.1, 0.15) is 16.5 Å². The largest absolute Gasteiger partial charge is 0.365 e. The molecule has 2 heterocycles. The fraction of sp³-hybridized carbons (Fsp3) is 0.400. The predicted molar refractivity (Wildman–Crippen MR) is 102 cm³/mol. The first-order valence-corrected chi connectivity index (χ1v) is 9.44. The first-order valence-electron chi connectivity index (χ1n) is 8.63. The van der Waals surface area contributed by atoms with Gasteiger partial charge in [0, 0.05) is 16.8 Å². The van der Waals surface area contributed by atoms with Gasteiger partial charge in [-0.2, -0.15) is 0 Å². The minimum Gasteiger partial charge on any atom is -0.365 e. The summed E-state index contributed by atoms with van der Waals surface area (Å²) in [6.07, 6.45) is 4.39. The monoisotopic (exact) mass is 337 g/mol. The Morgan fingerprint density at radius 2 is 1.88 bits per heavy atom. The smallest absolute Gasteiger partial charge is 0.139 e. The SMILES string of the molecule is CC(C)(C)Nc1nc(Cc2ccccc2)nc2sc3c(c12)CCC3. The summed E-state index contributed by atoms with van der Waals surface area (Å²) in [5.74, 6) is 1.92. The van der Waals surface area contributed by atoms with Crippen molar-refractivity contribution in [3.63, 3.8) is 0 Å². The lowest BCUT2D eigenvalue weighted by atomic mass is 10.1. The van der Waals surface area contributed by atoms with Crippen molar-refractivity contribution in [2.75, 3.05) is 5.32 Å². The molecular formula is C20H23N3S. The van der Waals surface area contributed by atoms with Crippen molar-refractivity contribution in [1.29, 1.82) is 0 Å². The first-order chi connectivity index (χ1) is 11.5. The quantitative estimate of drug-likeness (QED) is 0.732. The minimum absolute atomic E-state index is 0.0152. The molecule has 0 bridgehead atoms. The zero-order valence-electron chi connectivity index (χ0n) is 14.5. The van der Waals surface area contributed by atoms with E-state index in [1.807, 2.05) is 17.4 Å². The highest BCUT2D eigenvalue weighted by Gasteiger charge is 2.24. The van der Waals surface area contributed by atoms with Gasteiger partial charge < -0.3 is 5.32 Å². The third-order valence-corrected chi connectivity index (χ3v) is 5.50. The van der Waals surface area contributed by atoms with Crippen molar-refractivity contribution < 1.29 is 0 Å². The number of benzene rings is 1. The molecule has 3 aromatic rings. The molecule has 0 radical (unpaired) electrons. The predicted octanol–water partition coefficient (Wildman–Crippen LogP) is 4.98. The second-order valence-electron chi connectivity index (χ2n) is 7.56. The molecule has 2 aromatic heterocycles. The number of hydrogen-bond donors (Lipinski definition) is 1. The molecule has 0 fully saturated rings. The Kier molecular flexibility index (Phi) is 3.80. The fourth-order valence-electron chi connectivity index (χ4n) is 3.34. The molecule has 1 aliphatic rings. The van der Waals surface area contributed by atoms with Crippen LogP contribution in [0.3, 0.4) is 0 Å². The van der Waals surface area contributed by atoms with E-state index in [1.165, 1.54) is 34.2 Å². The molecule has 1 N–H and O–H groups in total. The lowest BCUT2D eigenvalue weighted by molar-refractivity contribution is 0.630. The zero-order valence-corrected chi connectivity index (χ0v) is 15.3. The van der Waals surface area contributed by atoms with Gasteiger partial charge in [0.2, 0.25) is 0 Å². The number of rotatable bonds is 3. The molecule has 0 unspecified atom stereocenters. The Morgan fingerprint density at radius 3 is 2.62 bits per heavy atom. The second kappa shape index (κ2) is 5.85. The summed E-state index contributed by atoms with van der Waals surface area (Å²) in [7, 11) is 0. The van der Waals surface area contributed by atoms with Gasteiger partial charge >= 0.3 is 0 Å². The Bertz CT molecular complexity index is 875. The maximum Gasteiger partial charge on any atom is 0.139 e. The first kappa shape index (κ1) is 15.6. The van der Waals surface area contributed by atoms with Crippen molar-refractivity contribution in [2.45, 2.75) is 52.0 Å². The van der Waals surface area contributed by atoms with Gasteiger partial charge in [-0.25, -0.2) is 9.97 Å². The summed E-state index contributed by atoms with van der Waals surface area (Å²) in [5.41, 5.74) is 2.72. The number of nitrogens with zero attached hydrogens (tertiary/aromatic N) is 2. The summed E-state index contributed by atoms with van der Waals surface area (Å²) >= 11 is 1.86. The molecule has 1 aliphatic carbocycles. The van der Waals surface area contributed by atoms with Gasteiger partial charge in [0.25, 0.3) is 0 Å². The fourth-order valence-corrected chi connectivity index (χ4v) is 4.62. The van der Waals surface area contributed by atoms with E-state index in [1.54, 1.807) is 0 Å². The van der Waals surface area contributed by atoms with Crippen molar-refractivity contribution in [3.05, 3.63) is 52.2 Å². The molecule has 0 saturated heterocycles. The van der Waals surface area contributed by atoms with Gasteiger partial charge in [-0.05, 0) is 51.2 Å². The van der Waals surface area contributed by atoms with Crippen molar-refractivity contribution in [2.24, 2.45) is 0 Å². The summed E-state index contributed by atoms with van der Waals surface area (Å²) < 4.78 is 0. The highest BCUT2D eigenvalue weighted by atomic mass is 32.1. The Morgan fingerprint density at radius 1 is 1.08 bits per heavy atom. The van der Waals surface area contributed by atoms with Crippen LogP contribution in [-0.2, 0) is 19.3 Å². The van der Waals surface area contributed by atoms with Crippen LogP contribution in [0.1, 0.15) is 49.0 Å². The number of nitrogens with one attached hydrogen (secondary N) is 1. The number of hydrogen-bond acceptors (Lipinski definition) is 4. The van der Waals surface area contributed by atoms with Crippen LogP contribution in [-0.4, -0.2) is 15.5 Å². The lowest BCUT2D eigenvalue weighted by Crippen LogP contribution is -2.27. The Labute approximate surface area is 147 Å². The van der Waals surface area contributed by atoms with E-state index >= 15 is 0 Å². The second-order valence-corrected chi connectivity index (χ2v) is 8.65. The number of fused-ring (bicyclic) bond motifs is 3. The van der Waals surface area contributed by atoms with Crippen LogP contribution in [0.2, 0.25) is 0 Å². The van der Waals surface area contributed by atoms with Crippen molar-refractivity contribution in [3.8, 4) is 0 Å². The normalized spacial score (nSPS) is 14.1. The topological polar surface area (TPSA) is 37.8 Å². The summed E-state index contributed by atoms with van der Waals surface area (Å²) in [4.78, 5) is 12.5. The third-order valence-electron chi connectivity index (χ3n) is 4.31. The maximum absolute atomic E-state index is 4.92. The molecule has 0 amide bonds. The molecular weight excluding hydrogens is 314 g/mol. The van der Waals surface area contributed by atoms with E-state index in [0.29, 0.717) is 0 Å². The van der Waals surface area contributed by atoms with E-state index < -0.39 is 0 Å². The molecule has 4 rings (SSSR count). The summed E-state index contributed by atoms with van der Waals surface area (Å²) in [6, 6.07) is 10.5. The summed E-state index contributed by atoms with van der Waals surface area (Å²) in [5, 5.41) is 4.88. The average molecular weight is 337 g/mol. The molecule has 0 spiro atoms. The average Bonchev–Trinajstić information content (AvgIpc) is 3.06. The van der Waals surface area contributed by atoms with Crippen LogP contribution in [0.25, 0.3) is 10.2 Å². The van der Waals surface area contributed by atoms with Crippen LogP contribution < -0.4 is 5.32 Å². The van der Waals surface area contributed by atoms with Crippen LogP contribution in [0, 0.1) is 0 Å². The number of aryl methyl sites for hydroxylation is 2. The number of aromatic nitrogens is 2. The molecule has 0 atom stereocenters. The molecule has 0 saturated carbocycles. The number of thiophene rings is 1. The van der Waals surface area contributed by atoms with Crippen LogP contribution in [0.15, 0.2) is 30.3 Å². The highest BCUT2D eigenvalue weighted by molar-refractivity contribution is 7.19. The summed E-state index contributed by atoms with van der Waals surface area (Å²) in [6.45, 7) is 6.55. The lowest BCUT2D eigenvalue weighted by Gasteiger charge is -2.22. The molecule has 3 nitrogen and oxygen atoms in total. The van der Waals surface area contributed by atoms with E-state index in [4.69, 9.17) is 9.97 Å². The highest BCUT2D eigenvalue weighted by Crippen LogP contribution is 2.40. The number of anilines is 1. The van der Waals surface area contributed by atoms with E-state index in [-0.39, 0.29) is 5.54 Å². The van der Waals surface area contributed by atoms with Crippen LogP contribution in [0.5, 0.6) is 0 Å². The van der Waals surface area contributed by atoms with E-state index in [0.717, 1.165) is 29.3 Å². The Hall–Kier alpha value is -1.94. The van der Waals surface area contributed by atoms with Gasteiger partial charge in [-0.15, -0.1) is 11.3 Å². The molecule has 4 heteroatoms. The van der Waals surface area contributed by atoms with Crippen molar-refractivity contribution >= 4 is 27.4 Å². The molecule has 1 aromatic carbocycles. The third kappa shape index (κ3) is 3.03.